The van der Waals surface area contributed by atoms with E-state index in [1.165, 1.54) is 5.56 Å². The van der Waals surface area contributed by atoms with E-state index in [4.69, 9.17) is 17.3 Å². The van der Waals surface area contributed by atoms with Gasteiger partial charge in [0, 0.05) is 21.2 Å². The van der Waals surface area contributed by atoms with Crippen LogP contribution in [-0.4, -0.2) is 6.54 Å². The number of thioether (sulfide) groups is 1. The third kappa shape index (κ3) is 3.51. The summed E-state index contributed by atoms with van der Waals surface area (Å²) in [5, 5.41) is 0.996. The summed E-state index contributed by atoms with van der Waals surface area (Å²) < 4.78 is 1.07. The topological polar surface area (TPSA) is 26.0 Å². The molecule has 0 radical (unpaired) electrons. The highest BCUT2D eigenvalue weighted by molar-refractivity contribution is 9.10. The fraction of sp³-hybridized carbons (Fsp3) is 0.143. The van der Waals surface area contributed by atoms with Gasteiger partial charge >= 0.3 is 0 Å². The van der Waals surface area contributed by atoms with Gasteiger partial charge in [-0.2, -0.15) is 0 Å². The molecule has 2 N–H and O–H groups in total. The fourth-order valence-corrected chi connectivity index (χ4v) is 3.19. The van der Waals surface area contributed by atoms with Gasteiger partial charge in [0.15, 0.2) is 0 Å². The normalized spacial score (nSPS) is 12.4. The molecule has 18 heavy (non-hydrogen) atoms. The Balaban J connectivity index is 2.20. The maximum Gasteiger partial charge on any atom is 0.0542 e. The van der Waals surface area contributed by atoms with Crippen molar-refractivity contribution in [3.05, 3.63) is 63.6 Å². The second-order valence-electron chi connectivity index (χ2n) is 3.82. The Morgan fingerprint density at radius 1 is 1.11 bits per heavy atom. The molecule has 0 aliphatic carbocycles. The summed E-state index contributed by atoms with van der Waals surface area (Å²) in [5.41, 5.74) is 7.08. The molecule has 0 aromatic heterocycles. The van der Waals surface area contributed by atoms with Crippen LogP contribution in [0.4, 0.5) is 0 Å². The van der Waals surface area contributed by atoms with E-state index in [2.05, 4.69) is 28.1 Å². The van der Waals surface area contributed by atoms with Gasteiger partial charge in [0.2, 0.25) is 0 Å². The average molecular weight is 343 g/mol. The molecule has 0 heterocycles. The summed E-state index contributed by atoms with van der Waals surface area (Å²) in [4.78, 5) is 1.07. The first-order valence-electron chi connectivity index (χ1n) is 5.57. The Morgan fingerprint density at radius 3 is 2.39 bits per heavy atom. The highest BCUT2D eigenvalue weighted by Crippen LogP contribution is 2.38. The van der Waals surface area contributed by atoms with Gasteiger partial charge < -0.3 is 5.73 Å². The van der Waals surface area contributed by atoms with Crippen molar-refractivity contribution in [2.24, 2.45) is 5.73 Å². The van der Waals surface area contributed by atoms with Crippen LogP contribution in [0.2, 0.25) is 5.02 Å². The highest BCUT2D eigenvalue weighted by Gasteiger charge is 2.12. The maximum atomic E-state index is 6.17. The molecule has 0 amide bonds. The smallest absolute Gasteiger partial charge is 0.0542 e. The van der Waals surface area contributed by atoms with E-state index in [0.29, 0.717) is 6.54 Å². The molecule has 0 aliphatic heterocycles. The van der Waals surface area contributed by atoms with E-state index in [9.17, 15) is 0 Å². The van der Waals surface area contributed by atoms with Crippen LogP contribution in [0.15, 0.2) is 57.9 Å². The second kappa shape index (κ2) is 6.62. The fourth-order valence-electron chi connectivity index (χ4n) is 1.62. The van der Waals surface area contributed by atoms with Crippen LogP contribution in [0.25, 0.3) is 0 Å². The third-order valence-electron chi connectivity index (χ3n) is 2.56. The lowest BCUT2D eigenvalue weighted by molar-refractivity contribution is 0.940. The van der Waals surface area contributed by atoms with Crippen LogP contribution in [0.1, 0.15) is 10.8 Å². The van der Waals surface area contributed by atoms with Crippen LogP contribution in [0.5, 0.6) is 0 Å². The van der Waals surface area contributed by atoms with E-state index in [1.54, 1.807) is 11.8 Å². The van der Waals surface area contributed by atoms with E-state index in [-0.39, 0.29) is 5.25 Å². The zero-order valence-corrected chi connectivity index (χ0v) is 12.8. The summed E-state index contributed by atoms with van der Waals surface area (Å²) in [6.07, 6.45) is 0. The van der Waals surface area contributed by atoms with Gasteiger partial charge in [-0.1, -0.05) is 51.8 Å². The number of hydrogen-bond acceptors (Lipinski definition) is 2. The highest BCUT2D eigenvalue weighted by atomic mass is 79.9. The summed E-state index contributed by atoms with van der Waals surface area (Å²) >= 11 is 11.3. The second-order valence-corrected chi connectivity index (χ2v) is 6.39. The van der Waals surface area contributed by atoms with Crippen molar-refractivity contribution >= 4 is 39.3 Å². The molecule has 0 spiro atoms. The van der Waals surface area contributed by atoms with Crippen molar-refractivity contribution in [2.75, 3.05) is 6.54 Å². The van der Waals surface area contributed by atoms with Crippen LogP contribution in [0.3, 0.4) is 0 Å². The van der Waals surface area contributed by atoms with Gasteiger partial charge in [-0.25, -0.2) is 0 Å². The summed E-state index contributed by atoms with van der Waals surface area (Å²) in [6.45, 7) is 0.581. The molecule has 94 valence electrons. The first-order valence-corrected chi connectivity index (χ1v) is 7.62. The minimum atomic E-state index is 0.220. The van der Waals surface area contributed by atoms with E-state index in [1.807, 2.05) is 36.4 Å². The zero-order chi connectivity index (χ0) is 13.0. The number of rotatable bonds is 4. The van der Waals surface area contributed by atoms with Crippen molar-refractivity contribution in [1.29, 1.82) is 0 Å². The molecule has 1 nitrogen and oxygen atoms in total. The van der Waals surface area contributed by atoms with Crippen LogP contribution >= 0.6 is 39.3 Å². The first kappa shape index (κ1) is 13.9. The number of nitrogens with two attached hydrogens (primary N) is 1. The van der Waals surface area contributed by atoms with Crippen LogP contribution in [0, 0.1) is 0 Å². The molecule has 0 bridgehead atoms. The summed E-state index contributed by atoms with van der Waals surface area (Å²) in [5.74, 6) is 0. The molecule has 1 atom stereocenters. The standard InChI is InChI=1S/C14H13BrClNS/c15-11-7-5-10(6-8-11)14(9-17)18-13-4-2-1-3-12(13)16/h1-8,14H,9,17H2. The molecular weight excluding hydrogens is 330 g/mol. The monoisotopic (exact) mass is 341 g/mol. The molecule has 2 rings (SSSR count). The lowest BCUT2D eigenvalue weighted by atomic mass is 10.1. The third-order valence-corrected chi connectivity index (χ3v) is 4.89. The van der Waals surface area contributed by atoms with Crippen molar-refractivity contribution < 1.29 is 0 Å². The Kier molecular flexibility index (Phi) is 5.13. The minimum absolute atomic E-state index is 0.220. The van der Waals surface area contributed by atoms with Crippen molar-refractivity contribution in [1.82, 2.24) is 0 Å². The zero-order valence-electron chi connectivity index (χ0n) is 9.64. The first-order chi connectivity index (χ1) is 8.70. The predicted octanol–water partition coefficient (Wildman–Crippen LogP) is 4.89. The van der Waals surface area contributed by atoms with E-state index in [0.717, 1.165) is 14.4 Å². The van der Waals surface area contributed by atoms with Gasteiger partial charge in [0.25, 0.3) is 0 Å². The predicted molar refractivity (Wildman–Crippen MR) is 83.2 cm³/mol. The molecule has 1 unspecified atom stereocenters. The van der Waals surface area contributed by atoms with Crippen molar-refractivity contribution in [3.63, 3.8) is 0 Å². The Labute approximate surface area is 125 Å². The Hall–Kier alpha value is -0.480. The van der Waals surface area contributed by atoms with E-state index < -0.39 is 0 Å². The molecule has 0 aliphatic rings. The van der Waals surface area contributed by atoms with Gasteiger partial charge in [-0.05, 0) is 29.8 Å². The molecule has 0 fully saturated rings. The van der Waals surface area contributed by atoms with Crippen molar-refractivity contribution in [3.8, 4) is 0 Å². The van der Waals surface area contributed by atoms with Gasteiger partial charge in [0.05, 0.1) is 5.02 Å². The number of halogens is 2. The average Bonchev–Trinajstić information content (AvgIpc) is 2.39. The SMILES string of the molecule is NCC(Sc1ccccc1Cl)c1ccc(Br)cc1. The van der Waals surface area contributed by atoms with Gasteiger partial charge in [-0.15, -0.1) is 11.8 Å². The van der Waals surface area contributed by atoms with Crippen molar-refractivity contribution in [2.45, 2.75) is 10.1 Å². The van der Waals surface area contributed by atoms with Crippen LogP contribution < -0.4 is 5.73 Å². The molecule has 2 aromatic carbocycles. The summed E-state index contributed by atoms with van der Waals surface area (Å²) in [6, 6.07) is 16.1. The minimum Gasteiger partial charge on any atom is -0.329 e. The van der Waals surface area contributed by atoms with Gasteiger partial charge in [0.1, 0.15) is 0 Å². The Morgan fingerprint density at radius 2 is 1.78 bits per heavy atom. The molecule has 2 aromatic rings. The number of benzene rings is 2. The summed E-state index contributed by atoms with van der Waals surface area (Å²) in [7, 11) is 0. The maximum absolute atomic E-state index is 6.17. The lowest BCUT2D eigenvalue weighted by Gasteiger charge is -2.15. The molecule has 0 saturated carbocycles. The van der Waals surface area contributed by atoms with Gasteiger partial charge in [-0.3, -0.25) is 0 Å². The molecule has 0 saturated heterocycles. The largest absolute Gasteiger partial charge is 0.329 e. The Bertz CT molecular complexity index is 515. The lowest BCUT2D eigenvalue weighted by Crippen LogP contribution is -2.09. The number of hydrogen-bond donors (Lipinski definition) is 1. The van der Waals surface area contributed by atoms with Crippen LogP contribution in [-0.2, 0) is 0 Å². The van der Waals surface area contributed by atoms with E-state index >= 15 is 0 Å². The quantitative estimate of drug-likeness (QED) is 0.800. The molecular formula is C14H13BrClNS. The molecule has 4 heteroatoms.